The first-order chi connectivity index (χ1) is 9.49. The lowest BCUT2D eigenvalue weighted by molar-refractivity contribution is -0.387. The molecule has 104 valence electrons. The van der Waals surface area contributed by atoms with E-state index in [0.29, 0.717) is 10.5 Å². The van der Waals surface area contributed by atoms with Crippen LogP contribution >= 0.6 is 11.8 Å². The number of hydrogen-bond acceptors (Lipinski definition) is 4. The van der Waals surface area contributed by atoms with Crippen LogP contribution in [-0.2, 0) is 0 Å². The van der Waals surface area contributed by atoms with Gasteiger partial charge in [-0.3, -0.25) is 10.1 Å². The Morgan fingerprint density at radius 2 is 1.95 bits per heavy atom. The van der Waals surface area contributed by atoms with E-state index in [2.05, 4.69) is 0 Å². The fourth-order valence-corrected chi connectivity index (χ4v) is 2.91. The van der Waals surface area contributed by atoms with Crippen molar-refractivity contribution in [3.63, 3.8) is 0 Å². The van der Waals surface area contributed by atoms with Gasteiger partial charge in [-0.15, -0.1) is 0 Å². The highest BCUT2D eigenvalue weighted by Crippen LogP contribution is 2.37. The molecule has 0 spiro atoms. The molecule has 0 saturated heterocycles. The molecule has 0 aliphatic carbocycles. The first kappa shape index (κ1) is 14.5. The minimum atomic E-state index is -0.433. The van der Waals surface area contributed by atoms with Crippen LogP contribution in [0.5, 0.6) is 0 Å². The van der Waals surface area contributed by atoms with Crippen molar-refractivity contribution in [2.45, 2.75) is 22.8 Å². The molecule has 0 bridgehead atoms. The first-order valence-corrected chi connectivity index (χ1v) is 6.77. The maximum absolute atomic E-state index is 13.3. The molecule has 6 heteroatoms. The zero-order valence-corrected chi connectivity index (χ0v) is 11.6. The highest BCUT2D eigenvalue weighted by molar-refractivity contribution is 7.99. The van der Waals surface area contributed by atoms with Crippen molar-refractivity contribution < 1.29 is 9.31 Å². The molecular formula is C14H13FN2O2S. The molecule has 1 atom stereocenters. The average Bonchev–Trinajstić information content (AvgIpc) is 2.41. The highest BCUT2D eigenvalue weighted by atomic mass is 32.2. The first-order valence-electron chi connectivity index (χ1n) is 5.95. The van der Waals surface area contributed by atoms with Gasteiger partial charge >= 0.3 is 0 Å². The second kappa shape index (κ2) is 6.02. The summed E-state index contributed by atoms with van der Waals surface area (Å²) in [5.74, 6) is -0.371. The van der Waals surface area contributed by atoms with Gasteiger partial charge in [-0.05, 0) is 36.8 Å². The summed E-state index contributed by atoms with van der Waals surface area (Å²) < 4.78 is 13.3. The Labute approximate surface area is 119 Å². The number of para-hydroxylation sites is 1. The van der Waals surface area contributed by atoms with Crippen LogP contribution in [0.2, 0.25) is 0 Å². The van der Waals surface area contributed by atoms with Crippen molar-refractivity contribution in [3.05, 3.63) is 64.0 Å². The van der Waals surface area contributed by atoms with E-state index in [-0.39, 0.29) is 17.5 Å². The standard InChI is InChI=1S/C14H13FN2O2S/c1-9(16)11-8-10(15)6-7-13(11)20-14-5-3-2-4-12(14)17(18)19/h2-9H,16H2,1H3/t9-/m0/s1. The number of benzene rings is 2. The third-order valence-corrected chi connectivity index (χ3v) is 3.90. The SMILES string of the molecule is C[C@H](N)c1cc(F)ccc1Sc1ccccc1[N+](=O)[O-]. The van der Waals surface area contributed by atoms with Crippen molar-refractivity contribution in [1.82, 2.24) is 0 Å². The lowest BCUT2D eigenvalue weighted by Crippen LogP contribution is -2.06. The summed E-state index contributed by atoms with van der Waals surface area (Å²) in [6.45, 7) is 1.75. The van der Waals surface area contributed by atoms with Crippen LogP contribution in [-0.4, -0.2) is 4.92 Å². The fourth-order valence-electron chi connectivity index (χ4n) is 1.78. The van der Waals surface area contributed by atoms with Gasteiger partial charge in [0.1, 0.15) is 5.82 Å². The van der Waals surface area contributed by atoms with E-state index in [4.69, 9.17) is 5.73 Å². The monoisotopic (exact) mass is 292 g/mol. The van der Waals surface area contributed by atoms with Gasteiger partial charge in [-0.25, -0.2) is 4.39 Å². The largest absolute Gasteiger partial charge is 0.324 e. The number of rotatable bonds is 4. The van der Waals surface area contributed by atoms with Crippen molar-refractivity contribution >= 4 is 17.4 Å². The summed E-state index contributed by atoms with van der Waals surface area (Å²) in [5, 5.41) is 11.0. The molecule has 0 aliphatic rings. The molecule has 4 nitrogen and oxygen atoms in total. The quantitative estimate of drug-likeness (QED) is 0.685. The van der Waals surface area contributed by atoms with Crippen LogP contribution in [0.4, 0.5) is 10.1 Å². The van der Waals surface area contributed by atoms with Crippen molar-refractivity contribution in [2.75, 3.05) is 0 Å². The smallest absolute Gasteiger partial charge is 0.283 e. The number of nitrogens with zero attached hydrogens (tertiary/aromatic N) is 1. The average molecular weight is 292 g/mol. The second-order valence-corrected chi connectivity index (χ2v) is 5.38. The van der Waals surface area contributed by atoms with E-state index in [1.54, 1.807) is 31.2 Å². The van der Waals surface area contributed by atoms with Crippen molar-refractivity contribution in [3.8, 4) is 0 Å². The van der Waals surface area contributed by atoms with Crippen LogP contribution in [0.3, 0.4) is 0 Å². The Morgan fingerprint density at radius 3 is 2.60 bits per heavy atom. The second-order valence-electron chi connectivity index (χ2n) is 4.30. The maximum atomic E-state index is 13.3. The number of nitro benzene ring substituents is 1. The Morgan fingerprint density at radius 1 is 1.25 bits per heavy atom. The van der Waals surface area contributed by atoms with Gasteiger partial charge in [0.25, 0.3) is 5.69 Å². The Balaban J connectivity index is 2.43. The van der Waals surface area contributed by atoms with E-state index < -0.39 is 4.92 Å². The van der Waals surface area contributed by atoms with E-state index in [1.807, 2.05) is 0 Å². The van der Waals surface area contributed by atoms with Crippen molar-refractivity contribution in [1.29, 1.82) is 0 Å². The Hall–Kier alpha value is -1.92. The normalized spacial score (nSPS) is 12.2. The predicted molar refractivity (Wildman–Crippen MR) is 76.2 cm³/mol. The van der Waals surface area contributed by atoms with E-state index in [9.17, 15) is 14.5 Å². The molecule has 0 radical (unpaired) electrons. The number of halogens is 1. The topological polar surface area (TPSA) is 69.2 Å². The molecule has 0 saturated carbocycles. The molecule has 2 N–H and O–H groups in total. The molecule has 0 aliphatic heterocycles. The molecule has 0 unspecified atom stereocenters. The summed E-state index contributed by atoms with van der Waals surface area (Å²) >= 11 is 1.22. The molecule has 0 heterocycles. The predicted octanol–water partition coefficient (Wildman–Crippen LogP) is 3.90. The molecule has 0 aromatic heterocycles. The maximum Gasteiger partial charge on any atom is 0.283 e. The summed E-state index contributed by atoms with van der Waals surface area (Å²) in [4.78, 5) is 11.8. The van der Waals surface area contributed by atoms with Gasteiger partial charge in [-0.1, -0.05) is 23.9 Å². The zero-order chi connectivity index (χ0) is 14.7. The molecule has 2 rings (SSSR count). The summed E-state index contributed by atoms with van der Waals surface area (Å²) in [7, 11) is 0. The molecule has 2 aromatic carbocycles. The molecule has 20 heavy (non-hydrogen) atoms. The minimum absolute atomic E-state index is 0.0254. The fraction of sp³-hybridized carbons (Fsp3) is 0.143. The highest BCUT2D eigenvalue weighted by Gasteiger charge is 2.16. The summed E-state index contributed by atoms with van der Waals surface area (Å²) in [5.41, 5.74) is 6.48. The molecule has 0 amide bonds. The number of hydrogen-bond donors (Lipinski definition) is 1. The van der Waals surface area contributed by atoms with E-state index >= 15 is 0 Å². The van der Waals surface area contributed by atoms with Crippen LogP contribution in [0, 0.1) is 15.9 Å². The lowest BCUT2D eigenvalue weighted by atomic mass is 10.1. The van der Waals surface area contributed by atoms with Gasteiger partial charge in [0.05, 0.1) is 9.82 Å². The van der Waals surface area contributed by atoms with E-state index in [1.165, 1.54) is 30.0 Å². The minimum Gasteiger partial charge on any atom is -0.324 e. The zero-order valence-electron chi connectivity index (χ0n) is 10.7. The van der Waals surface area contributed by atoms with Gasteiger partial charge < -0.3 is 5.73 Å². The Kier molecular flexibility index (Phi) is 4.36. The lowest BCUT2D eigenvalue weighted by Gasteiger charge is -2.12. The van der Waals surface area contributed by atoms with Gasteiger partial charge in [-0.2, -0.15) is 0 Å². The Bertz CT molecular complexity index is 647. The van der Waals surface area contributed by atoms with Gasteiger partial charge in [0.2, 0.25) is 0 Å². The summed E-state index contributed by atoms with van der Waals surface area (Å²) in [6, 6.07) is 10.4. The molecule has 0 fully saturated rings. The molecule has 2 aromatic rings. The third kappa shape index (κ3) is 3.15. The van der Waals surface area contributed by atoms with Crippen molar-refractivity contribution in [2.24, 2.45) is 5.73 Å². The van der Waals surface area contributed by atoms with Gasteiger partial charge in [0, 0.05) is 17.0 Å². The van der Waals surface area contributed by atoms with Gasteiger partial charge in [0.15, 0.2) is 0 Å². The number of nitrogens with two attached hydrogens (primary N) is 1. The van der Waals surface area contributed by atoms with Crippen LogP contribution in [0.25, 0.3) is 0 Å². The summed E-state index contributed by atoms with van der Waals surface area (Å²) in [6.07, 6.45) is 0. The van der Waals surface area contributed by atoms with E-state index in [0.717, 1.165) is 4.90 Å². The number of nitro groups is 1. The molecular weight excluding hydrogens is 279 g/mol. The van der Waals surface area contributed by atoms with Crippen LogP contribution in [0.15, 0.2) is 52.3 Å². The third-order valence-electron chi connectivity index (χ3n) is 2.74. The van der Waals surface area contributed by atoms with Crippen LogP contribution < -0.4 is 5.73 Å². The van der Waals surface area contributed by atoms with Crippen LogP contribution in [0.1, 0.15) is 18.5 Å².